The number of methoxy groups -OCH3 is 1. The first-order valence-electron chi connectivity index (χ1n) is 6.08. The van der Waals surface area contributed by atoms with Gasteiger partial charge in [-0.15, -0.1) is 0 Å². The van der Waals surface area contributed by atoms with Gasteiger partial charge in [-0.2, -0.15) is 0 Å². The first-order valence-corrected chi connectivity index (χ1v) is 6.08. The molecule has 1 unspecified atom stereocenters. The molecule has 2 N–H and O–H groups in total. The van der Waals surface area contributed by atoms with E-state index in [1.165, 1.54) is 12.7 Å². The van der Waals surface area contributed by atoms with Gasteiger partial charge in [0.25, 0.3) is 0 Å². The van der Waals surface area contributed by atoms with E-state index in [-0.39, 0.29) is 12.0 Å². The lowest BCUT2D eigenvalue weighted by molar-refractivity contribution is -0.140. The number of ether oxygens (including phenoxy) is 1. The summed E-state index contributed by atoms with van der Waals surface area (Å²) in [6.45, 7) is 0. The molecule has 1 aromatic carbocycles. The first kappa shape index (κ1) is 13.7. The van der Waals surface area contributed by atoms with E-state index in [0.717, 1.165) is 25.7 Å². The average molecular weight is 235 g/mol. The van der Waals surface area contributed by atoms with Crippen molar-refractivity contribution in [1.82, 2.24) is 0 Å². The smallest absolute Gasteiger partial charge is 0.305 e. The van der Waals surface area contributed by atoms with Crippen LogP contribution in [0, 0.1) is 0 Å². The second-order valence-corrected chi connectivity index (χ2v) is 4.27. The van der Waals surface area contributed by atoms with Crippen LogP contribution in [0.3, 0.4) is 0 Å². The van der Waals surface area contributed by atoms with Gasteiger partial charge in [0.15, 0.2) is 0 Å². The third-order valence-corrected chi connectivity index (χ3v) is 2.77. The fourth-order valence-electron chi connectivity index (χ4n) is 1.80. The van der Waals surface area contributed by atoms with E-state index in [1.807, 2.05) is 18.2 Å². The van der Waals surface area contributed by atoms with Crippen LogP contribution in [-0.4, -0.2) is 19.1 Å². The van der Waals surface area contributed by atoms with Gasteiger partial charge in [-0.1, -0.05) is 36.8 Å². The highest BCUT2D eigenvalue weighted by atomic mass is 16.5. The summed E-state index contributed by atoms with van der Waals surface area (Å²) in [6, 6.07) is 10.4. The molecule has 0 fully saturated rings. The molecule has 17 heavy (non-hydrogen) atoms. The Labute approximate surface area is 103 Å². The molecule has 0 radical (unpaired) electrons. The minimum atomic E-state index is -0.137. The molecule has 0 saturated heterocycles. The third-order valence-electron chi connectivity index (χ3n) is 2.77. The van der Waals surface area contributed by atoms with Crippen molar-refractivity contribution in [3.8, 4) is 0 Å². The summed E-state index contributed by atoms with van der Waals surface area (Å²) >= 11 is 0. The fourth-order valence-corrected chi connectivity index (χ4v) is 1.80. The molecular formula is C14H21NO2. The number of benzene rings is 1. The summed E-state index contributed by atoms with van der Waals surface area (Å²) in [7, 11) is 1.42. The summed E-state index contributed by atoms with van der Waals surface area (Å²) in [5.74, 6) is -0.137. The van der Waals surface area contributed by atoms with Crippen LogP contribution in [0.15, 0.2) is 30.3 Å². The van der Waals surface area contributed by atoms with E-state index in [0.29, 0.717) is 6.42 Å². The van der Waals surface area contributed by atoms with Gasteiger partial charge in [0.05, 0.1) is 7.11 Å². The lowest BCUT2D eigenvalue weighted by atomic mass is 10.0. The zero-order chi connectivity index (χ0) is 12.5. The molecule has 0 aliphatic heterocycles. The van der Waals surface area contributed by atoms with Crippen LogP contribution in [0.2, 0.25) is 0 Å². The second kappa shape index (κ2) is 7.85. The number of rotatable bonds is 7. The van der Waals surface area contributed by atoms with Gasteiger partial charge >= 0.3 is 5.97 Å². The molecule has 1 rings (SSSR count). The van der Waals surface area contributed by atoms with Gasteiger partial charge in [-0.25, -0.2) is 0 Å². The molecule has 3 heteroatoms. The van der Waals surface area contributed by atoms with Gasteiger partial charge in [0.1, 0.15) is 0 Å². The van der Waals surface area contributed by atoms with E-state index in [9.17, 15) is 4.79 Å². The van der Waals surface area contributed by atoms with E-state index >= 15 is 0 Å². The van der Waals surface area contributed by atoms with Crippen LogP contribution in [0.4, 0.5) is 0 Å². The molecule has 3 nitrogen and oxygen atoms in total. The van der Waals surface area contributed by atoms with Crippen LogP contribution < -0.4 is 5.73 Å². The Hall–Kier alpha value is -1.35. The quantitative estimate of drug-likeness (QED) is 0.582. The molecule has 1 atom stereocenters. The highest BCUT2D eigenvalue weighted by Gasteiger charge is 2.05. The Morgan fingerprint density at radius 2 is 2.00 bits per heavy atom. The van der Waals surface area contributed by atoms with Crippen LogP contribution in [0.25, 0.3) is 0 Å². The molecule has 0 aliphatic rings. The van der Waals surface area contributed by atoms with Gasteiger partial charge in [0.2, 0.25) is 0 Å². The molecule has 0 amide bonds. The number of nitrogens with two attached hydrogens (primary N) is 1. The molecule has 0 bridgehead atoms. The van der Waals surface area contributed by atoms with Gasteiger partial charge in [0, 0.05) is 12.5 Å². The van der Waals surface area contributed by atoms with Crippen LogP contribution in [0.5, 0.6) is 0 Å². The Bertz CT molecular complexity index is 324. The van der Waals surface area contributed by atoms with Crippen LogP contribution in [0.1, 0.15) is 31.2 Å². The third kappa shape index (κ3) is 6.07. The maximum atomic E-state index is 10.9. The Balaban J connectivity index is 2.13. The molecule has 0 aromatic heterocycles. The second-order valence-electron chi connectivity index (χ2n) is 4.27. The molecule has 0 aliphatic carbocycles. The van der Waals surface area contributed by atoms with Crippen molar-refractivity contribution < 1.29 is 9.53 Å². The van der Waals surface area contributed by atoms with E-state index < -0.39 is 0 Å². The number of carbonyl (C=O) groups is 1. The van der Waals surface area contributed by atoms with E-state index in [2.05, 4.69) is 16.9 Å². The van der Waals surface area contributed by atoms with Gasteiger partial charge in [-0.3, -0.25) is 4.79 Å². The predicted molar refractivity (Wildman–Crippen MR) is 68.6 cm³/mol. The Morgan fingerprint density at radius 1 is 1.29 bits per heavy atom. The summed E-state index contributed by atoms with van der Waals surface area (Å²) in [4.78, 5) is 10.9. The van der Waals surface area contributed by atoms with Crippen molar-refractivity contribution in [2.24, 2.45) is 5.73 Å². The fraction of sp³-hybridized carbons (Fsp3) is 0.500. The summed E-state index contributed by atoms with van der Waals surface area (Å²) < 4.78 is 4.58. The number of unbranched alkanes of at least 4 members (excludes halogenated alkanes) is 1. The van der Waals surface area contributed by atoms with Gasteiger partial charge < -0.3 is 10.5 Å². The van der Waals surface area contributed by atoms with Crippen LogP contribution in [-0.2, 0) is 16.0 Å². The maximum Gasteiger partial charge on any atom is 0.305 e. The predicted octanol–water partition coefficient (Wildman–Crippen LogP) is 2.29. The Morgan fingerprint density at radius 3 is 2.65 bits per heavy atom. The highest BCUT2D eigenvalue weighted by Crippen LogP contribution is 2.08. The number of hydrogen-bond acceptors (Lipinski definition) is 3. The summed E-state index contributed by atoms with van der Waals surface area (Å²) in [6.07, 6.45) is 4.18. The molecule has 1 aromatic rings. The standard InChI is InChI=1S/C14H21NO2/c1-17-14(16)10-6-5-9-13(15)11-12-7-3-2-4-8-12/h2-4,7-8,13H,5-6,9-11,15H2,1H3. The van der Waals surface area contributed by atoms with E-state index in [1.54, 1.807) is 0 Å². The lowest BCUT2D eigenvalue weighted by Crippen LogP contribution is -2.22. The maximum absolute atomic E-state index is 10.9. The monoisotopic (exact) mass is 235 g/mol. The van der Waals surface area contributed by atoms with E-state index in [4.69, 9.17) is 5.73 Å². The number of carbonyl (C=O) groups excluding carboxylic acids is 1. The lowest BCUT2D eigenvalue weighted by Gasteiger charge is -2.11. The van der Waals surface area contributed by atoms with Crippen molar-refractivity contribution in [2.75, 3.05) is 7.11 Å². The number of esters is 1. The number of hydrogen-bond donors (Lipinski definition) is 1. The minimum absolute atomic E-state index is 0.137. The molecule has 0 spiro atoms. The normalized spacial score (nSPS) is 12.1. The largest absolute Gasteiger partial charge is 0.469 e. The minimum Gasteiger partial charge on any atom is -0.469 e. The van der Waals surface area contributed by atoms with Crippen LogP contribution >= 0.6 is 0 Å². The first-order chi connectivity index (χ1) is 8.22. The van der Waals surface area contributed by atoms with Crippen molar-refractivity contribution >= 4 is 5.97 Å². The average Bonchev–Trinajstić information content (AvgIpc) is 2.35. The molecule has 0 heterocycles. The van der Waals surface area contributed by atoms with Gasteiger partial charge in [-0.05, 0) is 24.8 Å². The van der Waals surface area contributed by atoms with Crippen molar-refractivity contribution in [2.45, 2.75) is 38.1 Å². The molecule has 94 valence electrons. The SMILES string of the molecule is COC(=O)CCCCC(N)Cc1ccccc1. The van der Waals surface area contributed by atoms with Crippen molar-refractivity contribution in [3.63, 3.8) is 0 Å². The molecule has 0 saturated carbocycles. The van der Waals surface area contributed by atoms with Crippen molar-refractivity contribution in [1.29, 1.82) is 0 Å². The zero-order valence-corrected chi connectivity index (χ0v) is 10.4. The topological polar surface area (TPSA) is 52.3 Å². The molecular weight excluding hydrogens is 214 g/mol. The van der Waals surface area contributed by atoms with Crippen molar-refractivity contribution in [3.05, 3.63) is 35.9 Å². The highest BCUT2D eigenvalue weighted by molar-refractivity contribution is 5.68. The Kier molecular flexibility index (Phi) is 6.33. The summed E-state index contributed by atoms with van der Waals surface area (Å²) in [5.41, 5.74) is 7.31. The summed E-state index contributed by atoms with van der Waals surface area (Å²) in [5, 5.41) is 0. The zero-order valence-electron chi connectivity index (χ0n) is 10.4.